The molecule has 156 valence electrons. The molecule has 5 nitrogen and oxygen atoms in total. The van der Waals surface area contributed by atoms with Gasteiger partial charge in [-0.1, -0.05) is 67.6 Å². The molecule has 0 saturated carbocycles. The summed E-state index contributed by atoms with van der Waals surface area (Å²) in [6.07, 6.45) is 3.35. The molecule has 0 saturated heterocycles. The van der Waals surface area contributed by atoms with E-state index in [0.29, 0.717) is 16.6 Å². The Labute approximate surface area is 181 Å². The monoisotopic (exact) mass is 421 g/mol. The quantitative estimate of drug-likeness (QED) is 0.397. The summed E-state index contributed by atoms with van der Waals surface area (Å²) in [5, 5.41) is 3.43. The SMILES string of the molecule is CCCCc1ccc(NC(=O)Cn2c(SCc3ccccc3)nc(C)cc2=O)cc1. The fraction of sp³-hybridized carbons (Fsp3) is 0.292. The number of nitrogens with one attached hydrogen (secondary N) is 1. The van der Waals surface area contributed by atoms with E-state index in [1.165, 1.54) is 28.0 Å². The van der Waals surface area contributed by atoms with E-state index >= 15 is 0 Å². The molecule has 3 aromatic rings. The fourth-order valence-corrected chi connectivity index (χ4v) is 4.06. The van der Waals surface area contributed by atoms with E-state index in [2.05, 4.69) is 17.2 Å². The number of hydrogen-bond donors (Lipinski definition) is 1. The van der Waals surface area contributed by atoms with Crippen molar-refractivity contribution in [1.82, 2.24) is 9.55 Å². The molecular formula is C24H27N3O2S. The molecule has 0 aliphatic carbocycles. The van der Waals surface area contributed by atoms with E-state index < -0.39 is 0 Å². The van der Waals surface area contributed by atoms with Crippen molar-refractivity contribution in [1.29, 1.82) is 0 Å². The minimum absolute atomic E-state index is 0.0686. The highest BCUT2D eigenvalue weighted by molar-refractivity contribution is 7.98. The number of hydrogen-bond acceptors (Lipinski definition) is 4. The van der Waals surface area contributed by atoms with Crippen LogP contribution in [0.1, 0.15) is 36.6 Å². The summed E-state index contributed by atoms with van der Waals surface area (Å²) in [5.41, 5.74) is 3.55. The second-order valence-corrected chi connectivity index (χ2v) is 8.17. The fourth-order valence-electron chi connectivity index (χ4n) is 3.05. The molecule has 1 heterocycles. The highest BCUT2D eigenvalue weighted by Crippen LogP contribution is 2.20. The van der Waals surface area contributed by atoms with Crippen LogP contribution < -0.4 is 10.9 Å². The molecule has 1 aromatic heterocycles. The standard InChI is InChI=1S/C24H27N3O2S/c1-3-4-8-19-11-13-21(14-12-19)26-22(28)16-27-23(29)15-18(2)25-24(27)30-17-20-9-6-5-7-10-20/h5-7,9-15H,3-4,8,16-17H2,1-2H3,(H,26,28). The molecule has 0 unspecified atom stereocenters. The van der Waals surface area contributed by atoms with Crippen molar-refractivity contribution < 1.29 is 4.79 Å². The lowest BCUT2D eigenvalue weighted by Crippen LogP contribution is -2.29. The Balaban J connectivity index is 1.68. The number of amides is 1. The third-order valence-electron chi connectivity index (χ3n) is 4.67. The second kappa shape index (κ2) is 10.8. The van der Waals surface area contributed by atoms with Crippen LogP contribution >= 0.6 is 11.8 Å². The smallest absolute Gasteiger partial charge is 0.254 e. The maximum absolute atomic E-state index is 12.6. The summed E-state index contributed by atoms with van der Waals surface area (Å²) in [6, 6.07) is 19.3. The summed E-state index contributed by atoms with van der Waals surface area (Å²) in [5.74, 6) is 0.433. The number of nitrogens with zero attached hydrogens (tertiary/aromatic N) is 2. The van der Waals surface area contributed by atoms with Gasteiger partial charge in [-0.15, -0.1) is 0 Å². The van der Waals surface area contributed by atoms with E-state index in [4.69, 9.17) is 0 Å². The van der Waals surface area contributed by atoms with Crippen LogP contribution in [0, 0.1) is 6.92 Å². The number of thioether (sulfide) groups is 1. The van der Waals surface area contributed by atoms with Gasteiger partial charge in [0.1, 0.15) is 6.54 Å². The van der Waals surface area contributed by atoms with Gasteiger partial charge in [-0.25, -0.2) is 4.98 Å². The molecule has 0 aliphatic heterocycles. The largest absolute Gasteiger partial charge is 0.325 e. The first-order chi connectivity index (χ1) is 14.5. The van der Waals surface area contributed by atoms with Gasteiger partial charge in [0.2, 0.25) is 5.91 Å². The van der Waals surface area contributed by atoms with Crippen LogP contribution in [-0.4, -0.2) is 15.5 Å². The van der Waals surface area contributed by atoms with Crippen LogP contribution in [0.3, 0.4) is 0 Å². The van der Waals surface area contributed by atoms with Gasteiger partial charge in [0, 0.05) is 23.2 Å². The lowest BCUT2D eigenvalue weighted by Gasteiger charge is -2.13. The van der Waals surface area contributed by atoms with Crippen LogP contribution in [0.2, 0.25) is 0 Å². The number of aromatic nitrogens is 2. The molecule has 0 radical (unpaired) electrons. The highest BCUT2D eigenvalue weighted by Gasteiger charge is 2.12. The van der Waals surface area contributed by atoms with Gasteiger partial charge in [0.05, 0.1) is 0 Å². The van der Waals surface area contributed by atoms with Gasteiger partial charge in [-0.3, -0.25) is 14.2 Å². The summed E-state index contributed by atoms with van der Waals surface area (Å²) in [7, 11) is 0. The number of anilines is 1. The zero-order valence-electron chi connectivity index (χ0n) is 17.4. The molecule has 0 atom stereocenters. The first-order valence-corrected chi connectivity index (χ1v) is 11.2. The molecule has 1 N–H and O–H groups in total. The van der Waals surface area contributed by atoms with Crippen LogP contribution in [-0.2, 0) is 23.5 Å². The van der Waals surface area contributed by atoms with E-state index in [1.54, 1.807) is 6.92 Å². The number of benzene rings is 2. The van der Waals surface area contributed by atoms with Crippen LogP contribution in [0.15, 0.2) is 70.6 Å². The van der Waals surface area contributed by atoms with Gasteiger partial charge >= 0.3 is 0 Å². The molecule has 0 fully saturated rings. The average Bonchev–Trinajstić information content (AvgIpc) is 2.74. The van der Waals surface area contributed by atoms with Crippen LogP contribution in [0.4, 0.5) is 5.69 Å². The summed E-state index contributed by atoms with van der Waals surface area (Å²) < 4.78 is 1.44. The first kappa shape index (κ1) is 21.8. The molecule has 0 spiro atoms. The lowest BCUT2D eigenvalue weighted by molar-refractivity contribution is -0.116. The average molecular weight is 422 g/mol. The molecular weight excluding hydrogens is 394 g/mol. The third kappa shape index (κ3) is 6.32. The minimum atomic E-state index is -0.245. The van der Waals surface area contributed by atoms with Crippen molar-refractivity contribution in [3.05, 3.63) is 87.8 Å². The number of carbonyl (C=O) groups is 1. The second-order valence-electron chi connectivity index (χ2n) is 7.23. The van der Waals surface area contributed by atoms with Gasteiger partial charge in [0.15, 0.2) is 5.16 Å². The molecule has 30 heavy (non-hydrogen) atoms. The van der Waals surface area contributed by atoms with Gasteiger partial charge in [-0.05, 0) is 43.0 Å². The molecule has 2 aromatic carbocycles. The highest BCUT2D eigenvalue weighted by atomic mass is 32.2. The Kier molecular flexibility index (Phi) is 7.85. The zero-order valence-corrected chi connectivity index (χ0v) is 18.2. The Bertz CT molecular complexity index is 1030. The van der Waals surface area contributed by atoms with E-state index in [-0.39, 0.29) is 18.0 Å². The van der Waals surface area contributed by atoms with Crippen molar-refractivity contribution in [3.63, 3.8) is 0 Å². The van der Waals surface area contributed by atoms with Gasteiger partial charge in [-0.2, -0.15) is 0 Å². The Morgan fingerprint density at radius 3 is 2.50 bits per heavy atom. The topological polar surface area (TPSA) is 64.0 Å². The predicted octanol–water partition coefficient (Wildman–Crippen LogP) is 4.83. The van der Waals surface area contributed by atoms with E-state index in [9.17, 15) is 9.59 Å². The van der Waals surface area contributed by atoms with Crippen molar-refractivity contribution in [2.24, 2.45) is 0 Å². The number of carbonyl (C=O) groups excluding carboxylic acids is 1. The zero-order chi connectivity index (χ0) is 21.3. The Morgan fingerprint density at radius 1 is 1.07 bits per heavy atom. The van der Waals surface area contributed by atoms with Gasteiger partial charge in [0.25, 0.3) is 5.56 Å². The van der Waals surface area contributed by atoms with E-state index in [0.717, 1.165) is 30.5 Å². The molecule has 1 amide bonds. The van der Waals surface area contributed by atoms with Crippen molar-refractivity contribution in [3.8, 4) is 0 Å². The molecule has 0 aliphatic rings. The summed E-state index contributed by atoms with van der Waals surface area (Å²) in [4.78, 5) is 29.6. The maximum atomic E-state index is 12.6. The van der Waals surface area contributed by atoms with Crippen molar-refractivity contribution in [2.75, 3.05) is 5.32 Å². The Hall–Kier alpha value is -2.86. The summed E-state index contributed by atoms with van der Waals surface area (Å²) >= 11 is 1.46. The normalized spacial score (nSPS) is 10.7. The number of rotatable bonds is 9. The molecule has 0 bridgehead atoms. The summed E-state index contributed by atoms with van der Waals surface area (Å²) in [6.45, 7) is 3.89. The van der Waals surface area contributed by atoms with Gasteiger partial charge < -0.3 is 5.32 Å². The molecule has 3 rings (SSSR count). The van der Waals surface area contributed by atoms with Crippen LogP contribution in [0.5, 0.6) is 0 Å². The van der Waals surface area contributed by atoms with Crippen LogP contribution in [0.25, 0.3) is 0 Å². The number of aryl methyl sites for hydroxylation is 2. The predicted molar refractivity (Wildman–Crippen MR) is 123 cm³/mol. The Morgan fingerprint density at radius 2 is 1.80 bits per heavy atom. The minimum Gasteiger partial charge on any atom is -0.325 e. The van der Waals surface area contributed by atoms with E-state index in [1.807, 2.05) is 54.6 Å². The molecule has 6 heteroatoms. The lowest BCUT2D eigenvalue weighted by atomic mass is 10.1. The third-order valence-corrected chi connectivity index (χ3v) is 5.72. The first-order valence-electron chi connectivity index (χ1n) is 10.2. The van der Waals surface area contributed by atoms with Crippen molar-refractivity contribution in [2.45, 2.75) is 50.6 Å². The van der Waals surface area contributed by atoms with Crippen molar-refractivity contribution >= 4 is 23.4 Å². The number of unbranched alkanes of at least 4 members (excludes halogenated alkanes) is 1. The maximum Gasteiger partial charge on any atom is 0.254 e.